The zero-order valence-corrected chi connectivity index (χ0v) is 15.3. The minimum atomic E-state index is 0.394. The van der Waals surface area contributed by atoms with Gasteiger partial charge in [0.2, 0.25) is 5.95 Å². The van der Waals surface area contributed by atoms with Crippen molar-refractivity contribution >= 4 is 17.1 Å². The molecule has 4 rings (SSSR count). The van der Waals surface area contributed by atoms with E-state index in [1.165, 1.54) is 6.42 Å². The summed E-state index contributed by atoms with van der Waals surface area (Å²) in [5.74, 6) is 1.42. The summed E-state index contributed by atoms with van der Waals surface area (Å²) in [6.45, 7) is 0. The van der Waals surface area contributed by atoms with Gasteiger partial charge in [-0.15, -0.1) is 5.10 Å². The molecule has 8 nitrogen and oxygen atoms in total. The fourth-order valence-electron chi connectivity index (χ4n) is 3.44. The summed E-state index contributed by atoms with van der Waals surface area (Å²) in [6, 6.07) is 8.65. The van der Waals surface area contributed by atoms with E-state index in [1.54, 1.807) is 18.0 Å². The van der Waals surface area contributed by atoms with Crippen molar-refractivity contribution in [2.75, 3.05) is 26.5 Å². The zero-order valence-electron chi connectivity index (χ0n) is 15.3. The molecule has 2 aromatic heterocycles. The second-order valence-corrected chi connectivity index (χ2v) is 6.87. The molecule has 0 unspecified atom stereocenters. The van der Waals surface area contributed by atoms with Crippen molar-refractivity contribution in [2.24, 2.45) is 0 Å². The molecule has 0 amide bonds. The highest BCUT2D eigenvalue weighted by molar-refractivity contribution is 5.72. The molecular formula is C18H23N7O. The van der Waals surface area contributed by atoms with Gasteiger partial charge in [-0.25, -0.2) is 4.98 Å². The number of hydrogen-bond donors (Lipinski definition) is 1. The van der Waals surface area contributed by atoms with Crippen molar-refractivity contribution in [1.29, 1.82) is 0 Å². The first-order chi connectivity index (χ1) is 12.6. The number of benzene rings is 1. The molecule has 0 saturated heterocycles. The number of methoxy groups -OCH3 is 1. The van der Waals surface area contributed by atoms with Crippen LogP contribution in [0.15, 0.2) is 30.5 Å². The Balaban J connectivity index is 1.58. The maximum Gasteiger partial charge on any atom is 0.225 e. The molecule has 0 aliphatic heterocycles. The van der Waals surface area contributed by atoms with E-state index in [0.29, 0.717) is 29.2 Å². The molecule has 1 aliphatic carbocycles. The van der Waals surface area contributed by atoms with Crippen LogP contribution in [-0.2, 0) is 0 Å². The van der Waals surface area contributed by atoms with Gasteiger partial charge in [-0.3, -0.25) is 0 Å². The molecule has 3 aromatic rings. The standard InChI is InChI=1S/C18H23N7O/c1-24(2)14-5-4-12(10-14)20-18-19-11-16-17(21-18)25(23-22-16)13-6-8-15(26-3)9-7-13/h6-9,11-12,14H,4-5,10H2,1-3H3,(H,19,20,21)/t12-,14+/m0/s1. The van der Waals surface area contributed by atoms with Crippen molar-refractivity contribution in [1.82, 2.24) is 29.9 Å². The molecule has 0 spiro atoms. The highest BCUT2D eigenvalue weighted by Gasteiger charge is 2.26. The molecule has 26 heavy (non-hydrogen) atoms. The van der Waals surface area contributed by atoms with E-state index in [9.17, 15) is 0 Å². The summed E-state index contributed by atoms with van der Waals surface area (Å²) in [7, 11) is 5.91. The minimum Gasteiger partial charge on any atom is -0.497 e. The number of aromatic nitrogens is 5. The molecule has 8 heteroatoms. The molecule has 1 fully saturated rings. The SMILES string of the molecule is COc1ccc(-n2nnc3cnc(N[C@H]4CC[C@@H](N(C)C)C4)nc32)cc1. The van der Waals surface area contributed by atoms with Crippen LogP contribution in [0.2, 0.25) is 0 Å². The number of hydrogen-bond acceptors (Lipinski definition) is 7. The van der Waals surface area contributed by atoms with Crippen molar-refractivity contribution in [3.05, 3.63) is 30.5 Å². The Hall–Kier alpha value is -2.74. The summed E-state index contributed by atoms with van der Waals surface area (Å²) in [5, 5.41) is 11.9. The number of rotatable bonds is 5. The average Bonchev–Trinajstić information content (AvgIpc) is 3.29. The van der Waals surface area contributed by atoms with Crippen LogP contribution in [0.3, 0.4) is 0 Å². The Labute approximate surface area is 152 Å². The Morgan fingerprint density at radius 1 is 1.19 bits per heavy atom. The van der Waals surface area contributed by atoms with Crippen LogP contribution in [0, 0.1) is 0 Å². The highest BCUT2D eigenvalue weighted by atomic mass is 16.5. The lowest BCUT2D eigenvalue weighted by molar-refractivity contribution is 0.297. The number of nitrogens with one attached hydrogen (secondary N) is 1. The van der Waals surface area contributed by atoms with Crippen molar-refractivity contribution < 1.29 is 4.74 Å². The van der Waals surface area contributed by atoms with Crippen LogP contribution in [0.5, 0.6) is 5.75 Å². The molecule has 2 atom stereocenters. The van der Waals surface area contributed by atoms with Crippen LogP contribution >= 0.6 is 0 Å². The smallest absolute Gasteiger partial charge is 0.225 e. The maximum absolute atomic E-state index is 5.21. The molecule has 1 N–H and O–H groups in total. The number of ether oxygens (including phenoxy) is 1. The quantitative estimate of drug-likeness (QED) is 0.752. The van der Waals surface area contributed by atoms with Crippen molar-refractivity contribution in [2.45, 2.75) is 31.3 Å². The molecule has 0 radical (unpaired) electrons. The summed E-state index contributed by atoms with van der Waals surface area (Å²) in [6.07, 6.45) is 5.14. The Morgan fingerprint density at radius 2 is 2.00 bits per heavy atom. The zero-order chi connectivity index (χ0) is 18.1. The van der Waals surface area contributed by atoms with Gasteiger partial charge in [0.15, 0.2) is 11.2 Å². The molecule has 1 aliphatic rings. The van der Waals surface area contributed by atoms with Crippen LogP contribution in [-0.4, -0.2) is 63.2 Å². The van der Waals surface area contributed by atoms with E-state index in [0.717, 1.165) is 24.3 Å². The van der Waals surface area contributed by atoms with Gasteiger partial charge in [-0.2, -0.15) is 9.67 Å². The second-order valence-electron chi connectivity index (χ2n) is 6.87. The van der Waals surface area contributed by atoms with Gasteiger partial charge in [0.25, 0.3) is 0 Å². The van der Waals surface area contributed by atoms with Crippen molar-refractivity contribution in [3.8, 4) is 11.4 Å². The summed E-state index contributed by atoms with van der Waals surface area (Å²) >= 11 is 0. The second kappa shape index (κ2) is 6.87. The predicted octanol–water partition coefficient (Wildman–Crippen LogP) is 2.11. The third kappa shape index (κ3) is 3.20. The third-order valence-corrected chi connectivity index (χ3v) is 4.98. The molecule has 0 bridgehead atoms. The third-order valence-electron chi connectivity index (χ3n) is 4.98. The molecular weight excluding hydrogens is 330 g/mol. The van der Waals surface area contributed by atoms with Gasteiger partial charge in [0.05, 0.1) is 19.0 Å². The van der Waals surface area contributed by atoms with Crippen LogP contribution in [0.1, 0.15) is 19.3 Å². The monoisotopic (exact) mass is 353 g/mol. The Kier molecular flexibility index (Phi) is 4.42. The van der Waals surface area contributed by atoms with E-state index < -0.39 is 0 Å². The normalized spacial score (nSPS) is 20.0. The van der Waals surface area contributed by atoms with Crippen molar-refractivity contribution in [3.63, 3.8) is 0 Å². The molecule has 136 valence electrons. The van der Waals surface area contributed by atoms with Crippen LogP contribution < -0.4 is 10.1 Å². The lowest BCUT2D eigenvalue weighted by Crippen LogP contribution is -2.27. The largest absolute Gasteiger partial charge is 0.497 e. The Bertz CT molecular complexity index is 890. The topological polar surface area (TPSA) is 81.0 Å². The molecule has 2 heterocycles. The number of anilines is 1. The van der Waals surface area contributed by atoms with E-state index in [2.05, 4.69) is 44.6 Å². The number of nitrogens with zero attached hydrogens (tertiary/aromatic N) is 6. The van der Waals surface area contributed by atoms with E-state index in [1.807, 2.05) is 24.3 Å². The highest BCUT2D eigenvalue weighted by Crippen LogP contribution is 2.25. The van der Waals surface area contributed by atoms with E-state index >= 15 is 0 Å². The first-order valence-corrected chi connectivity index (χ1v) is 8.80. The van der Waals surface area contributed by atoms with E-state index in [-0.39, 0.29) is 0 Å². The lowest BCUT2D eigenvalue weighted by atomic mass is 10.2. The maximum atomic E-state index is 5.21. The van der Waals surface area contributed by atoms with Crippen LogP contribution in [0.4, 0.5) is 5.95 Å². The van der Waals surface area contributed by atoms with Gasteiger partial charge in [0, 0.05) is 12.1 Å². The summed E-state index contributed by atoms with van der Waals surface area (Å²) in [4.78, 5) is 11.3. The summed E-state index contributed by atoms with van der Waals surface area (Å²) in [5.41, 5.74) is 2.24. The van der Waals surface area contributed by atoms with Gasteiger partial charge in [-0.05, 0) is 57.6 Å². The van der Waals surface area contributed by atoms with Gasteiger partial charge in [0.1, 0.15) is 5.75 Å². The van der Waals surface area contributed by atoms with Gasteiger partial charge >= 0.3 is 0 Å². The average molecular weight is 353 g/mol. The molecule has 1 saturated carbocycles. The van der Waals surface area contributed by atoms with E-state index in [4.69, 9.17) is 4.74 Å². The predicted molar refractivity (Wildman–Crippen MR) is 99.7 cm³/mol. The molecule has 1 aromatic carbocycles. The fourth-order valence-corrected chi connectivity index (χ4v) is 3.44. The Morgan fingerprint density at radius 3 is 2.69 bits per heavy atom. The first kappa shape index (κ1) is 16.7. The minimum absolute atomic E-state index is 0.394. The fraction of sp³-hybridized carbons (Fsp3) is 0.444. The lowest BCUT2D eigenvalue weighted by Gasteiger charge is -2.19. The summed E-state index contributed by atoms with van der Waals surface area (Å²) < 4.78 is 6.93. The first-order valence-electron chi connectivity index (χ1n) is 8.80. The van der Waals surface area contributed by atoms with Gasteiger partial charge in [-0.1, -0.05) is 5.21 Å². The van der Waals surface area contributed by atoms with Gasteiger partial charge < -0.3 is 15.0 Å². The number of fused-ring (bicyclic) bond motifs is 1. The van der Waals surface area contributed by atoms with Crippen LogP contribution in [0.25, 0.3) is 16.9 Å².